The minimum atomic E-state index is 0.650. The summed E-state index contributed by atoms with van der Waals surface area (Å²) in [6.45, 7) is 0. The van der Waals surface area contributed by atoms with E-state index in [9.17, 15) is 0 Å². The Labute approximate surface area is 110 Å². The summed E-state index contributed by atoms with van der Waals surface area (Å²) in [7, 11) is 0. The molecule has 18 heavy (non-hydrogen) atoms. The van der Waals surface area contributed by atoms with E-state index >= 15 is 0 Å². The third-order valence-electron chi connectivity index (χ3n) is 2.90. The molecular formula is C15H12N2S. The van der Waals surface area contributed by atoms with Crippen LogP contribution in [0.25, 0.3) is 22.4 Å². The average molecular weight is 252 g/mol. The minimum absolute atomic E-state index is 0.650. The van der Waals surface area contributed by atoms with Crippen LogP contribution in [-0.2, 0) is 0 Å². The van der Waals surface area contributed by atoms with Gasteiger partial charge in [-0.25, -0.2) is 0 Å². The first-order chi connectivity index (χ1) is 8.83. The molecule has 0 saturated carbocycles. The summed E-state index contributed by atoms with van der Waals surface area (Å²) in [6.07, 6.45) is 1.89. The van der Waals surface area contributed by atoms with Crippen molar-refractivity contribution in [2.24, 2.45) is 0 Å². The van der Waals surface area contributed by atoms with Crippen molar-refractivity contribution in [2.45, 2.75) is 0 Å². The number of rotatable bonds is 2. The highest BCUT2D eigenvalue weighted by atomic mass is 32.1. The lowest BCUT2D eigenvalue weighted by atomic mass is 10.0. The van der Waals surface area contributed by atoms with Gasteiger partial charge in [0.05, 0.1) is 5.69 Å². The van der Waals surface area contributed by atoms with E-state index in [-0.39, 0.29) is 0 Å². The van der Waals surface area contributed by atoms with Crippen molar-refractivity contribution in [1.29, 1.82) is 0 Å². The Hall–Kier alpha value is -2.13. The molecule has 3 heteroatoms. The molecule has 88 valence electrons. The van der Waals surface area contributed by atoms with Crippen molar-refractivity contribution in [1.82, 2.24) is 9.97 Å². The Morgan fingerprint density at radius 3 is 1.94 bits per heavy atom. The predicted octanol–water partition coefficient (Wildman–Crippen LogP) is 4.41. The molecular weight excluding hydrogens is 240 g/mol. The molecule has 0 aliphatic rings. The summed E-state index contributed by atoms with van der Waals surface area (Å²) < 4.78 is 0.650. The lowest BCUT2D eigenvalue weighted by molar-refractivity contribution is 1.27. The lowest BCUT2D eigenvalue weighted by Gasteiger charge is -2.02. The van der Waals surface area contributed by atoms with Crippen LogP contribution >= 0.6 is 12.2 Å². The molecule has 2 nitrogen and oxygen atoms in total. The molecule has 0 spiro atoms. The van der Waals surface area contributed by atoms with Crippen LogP contribution in [-0.4, -0.2) is 9.97 Å². The maximum absolute atomic E-state index is 5.02. The van der Waals surface area contributed by atoms with Gasteiger partial charge in [-0.3, -0.25) is 0 Å². The fraction of sp³-hybridized carbons (Fsp3) is 0. The summed E-state index contributed by atoms with van der Waals surface area (Å²) in [5, 5.41) is 0. The van der Waals surface area contributed by atoms with E-state index in [1.54, 1.807) is 0 Å². The molecule has 0 atom stereocenters. The molecule has 0 aliphatic heterocycles. The first-order valence-electron chi connectivity index (χ1n) is 5.76. The average Bonchev–Trinajstić information content (AvgIpc) is 2.87. The van der Waals surface area contributed by atoms with Crippen LogP contribution in [0.15, 0.2) is 60.8 Å². The number of aromatic amines is 2. The highest BCUT2D eigenvalue weighted by Gasteiger charge is 2.00. The highest BCUT2D eigenvalue weighted by molar-refractivity contribution is 7.71. The zero-order valence-electron chi connectivity index (χ0n) is 9.68. The molecule has 0 aliphatic carbocycles. The Morgan fingerprint density at radius 2 is 1.33 bits per heavy atom. The van der Waals surface area contributed by atoms with Gasteiger partial charge in [-0.1, -0.05) is 54.6 Å². The molecule has 0 unspecified atom stereocenters. The van der Waals surface area contributed by atoms with Crippen molar-refractivity contribution in [3.8, 4) is 22.4 Å². The second-order valence-electron chi connectivity index (χ2n) is 4.10. The normalized spacial score (nSPS) is 10.4. The van der Waals surface area contributed by atoms with Gasteiger partial charge in [-0.15, -0.1) is 0 Å². The minimum Gasteiger partial charge on any atom is -0.337 e. The van der Waals surface area contributed by atoms with Crippen molar-refractivity contribution < 1.29 is 0 Å². The van der Waals surface area contributed by atoms with Crippen molar-refractivity contribution in [3.63, 3.8) is 0 Å². The van der Waals surface area contributed by atoms with Crippen LogP contribution in [0, 0.1) is 4.77 Å². The molecule has 3 rings (SSSR count). The van der Waals surface area contributed by atoms with Crippen LogP contribution in [0.3, 0.4) is 0 Å². The van der Waals surface area contributed by atoms with Gasteiger partial charge in [-0.2, -0.15) is 0 Å². The smallest absolute Gasteiger partial charge is 0.174 e. The second-order valence-corrected chi connectivity index (χ2v) is 4.51. The summed E-state index contributed by atoms with van der Waals surface area (Å²) in [4.78, 5) is 6.08. The number of nitrogens with one attached hydrogen (secondary N) is 2. The fourth-order valence-corrected chi connectivity index (χ4v) is 2.13. The van der Waals surface area contributed by atoms with Gasteiger partial charge in [0.15, 0.2) is 4.77 Å². The molecule has 0 saturated heterocycles. The van der Waals surface area contributed by atoms with Crippen molar-refractivity contribution in [3.05, 3.63) is 65.6 Å². The van der Waals surface area contributed by atoms with Crippen LogP contribution in [0.1, 0.15) is 0 Å². The SMILES string of the molecule is S=c1[nH]cc(-c2ccc(-c3ccccc3)cc2)[nH]1. The van der Waals surface area contributed by atoms with Crippen LogP contribution in [0.5, 0.6) is 0 Å². The molecule has 0 radical (unpaired) electrons. The van der Waals surface area contributed by atoms with E-state index in [2.05, 4.69) is 46.4 Å². The summed E-state index contributed by atoms with van der Waals surface area (Å²) in [6, 6.07) is 18.8. The first-order valence-corrected chi connectivity index (χ1v) is 6.17. The number of hydrogen-bond donors (Lipinski definition) is 2. The van der Waals surface area contributed by atoms with Crippen LogP contribution in [0.4, 0.5) is 0 Å². The quantitative estimate of drug-likeness (QED) is 0.650. The molecule has 2 N–H and O–H groups in total. The zero-order valence-corrected chi connectivity index (χ0v) is 10.5. The van der Waals surface area contributed by atoms with Gasteiger partial charge in [-0.05, 0) is 28.9 Å². The van der Waals surface area contributed by atoms with E-state index in [1.165, 1.54) is 11.1 Å². The topological polar surface area (TPSA) is 31.6 Å². The second kappa shape index (κ2) is 4.63. The third kappa shape index (κ3) is 2.13. The van der Waals surface area contributed by atoms with E-state index < -0.39 is 0 Å². The van der Waals surface area contributed by atoms with E-state index in [0.717, 1.165) is 11.3 Å². The summed E-state index contributed by atoms with van der Waals surface area (Å²) in [5.41, 5.74) is 4.58. The van der Waals surface area contributed by atoms with E-state index in [0.29, 0.717) is 4.77 Å². The van der Waals surface area contributed by atoms with Crippen molar-refractivity contribution >= 4 is 12.2 Å². The van der Waals surface area contributed by atoms with Gasteiger partial charge in [0.1, 0.15) is 0 Å². The van der Waals surface area contributed by atoms with Gasteiger partial charge in [0.2, 0.25) is 0 Å². The molecule has 0 amide bonds. The monoisotopic (exact) mass is 252 g/mol. The van der Waals surface area contributed by atoms with E-state index in [1.807, 2.05) is 24.4 Å². The third-order valence-corrected chi connectivity index (χ3v) is 3.12. The number of H-pyrrole nitrogens is 2. The molecule has 0 bridgehead atoms. The van der Waals surface area contributed by atoms with Crippen LogP contribution in [0.2, 0.25) is 0 Å². The van der Waals surface area contributed by atoms with Crippen LogP contribution < -0.4 is 0 Å². The first kappa shape index (κ1) is 11.0. The van der Waals surface area contributed by atoms with Gasteiger partial charge < -0.3 is 9.97 Å². The molecule has 0 fully saturated rings. The fourth-order valence-electron chi connectivity index (χ4n) is 1.96. The molecule has 3 aromatic rings. The van der Waals surface area contributed by atoms with Crippen molar-refractivity contribution in [2.75, 3.05) is 0 Å². The van der Waals surface area contributed by atoms with Gasteiger partial charge >= 0.3 is 0 Å². The molecule has 1 heterocycles. The lowest BCUT2D eigenvalue weighted by Crippen LogP contribution is -1.79. The predicted molar refractivity (Wildman–Crippen MR) is 76.8 cm³/mol. The zero-order chi connectivity index (χ0) is 12.4. The maximum Gasteiger partial charge on any atom is 0.174 e. The number of aromatic nitrogens is 2. The highest BCUT2D eigenvalue weighted by Crippen LogP contribution is 2.23. The Morgan fingerprint density at radius 1 is 0.722 bits per heavy atom. The van der Waals surface area contributed by atoms with Gasteiger partial charge in [0, 0.05) is 6.20 Å². The summed E-state index contributed by atoms with van der Waals surface area (Å²) in [5.74, 6) is 0. The number of imidazole rings is 1. The largest absolute Gasteiger partial charge is 0.337 e. The maximum atomic E-state index is 5.02. The Bertz CT molecular complexity index is 693. The molecule has 2 aromatic carbocycles. The van der Waals surface area contributed by atoms with Gasteiger partial charge in [0.25, 0.3) is 0 Å². The van der Waals surface area contributed by atoms with E-state index in [4.69, 9.17) is 12.2 Å². The number of benzene rings is 2. The number of hydrogen-bond acceptors (Lipinski definition) is 1. The summed E-state index contributed by atoms with van der Waals surface area (Å²) >= 11 is 5.02. The molecule has 1 aromatic heterocycles. The standard InChI is InChI=1S/C15H12N2S/c18-15-16-10-14(17-15)13-8-6-12(7-9-13)11-4-2-1-3-5-11/h1-10H,(H2,16,17,18). The Balaban J connectivity index is 1.97. The Kier molecular flexibility index (Phi) is 2.82.